The Morgan fingerprint density at radius 3 is 2.95 bits per heavy atom. The minimum Gasteiger partial charge on any atom is -0.479 e. The number of ether oxygens (including phenoxy) is 2. The van der Waals surface area contributed by atoms with Gasteiger partial charge in [0.15, 0.2) is 0 Å². The Morgan fingerprint density at radius 2 is 2.32 bits per heavy atom. The van der Waals surface area contributed by atoms with Crippen LogP contribution in [0, 0.1) is 5.92 Å². The Kier molecular flexibility index (Phi) is 4.63. The molecule has 1 aliphatic heterocycles. The molecule has 1 saturated heterocycles. The highest BCUT2D eigenvalue weighted by molar-refractivity contribution is 5.91. The number of methoxy groups -OCH3 is 1. The number of carbonyl (C=O) groups is 1. The zero-order valence-corrected chi connectivity index (χ0v) is 13.2. The molecule has 1 amide bonds. The van der Waals surface area contributed by atoms with Crippen molar-refractivity contribution in [2.24, 2.45) is 5.92 Å². The second-order valence-corrected chi connectivity index (χ2v) is 6.14. The Bertz CT molecular complexity index is 515. The van der Waals surface area contributed by atoms with E-state index < -0.39 is 0 Å². The fourth-order valence-corrected chi connectivity index (χ4v) is 2.69. The Hall–Kier alpha value is -1.60. The molecule has 1 aliphatic carbocycles. The summed E-state index contributed by atoms with van der Waals surface area (Å²) in [4.78, 5) is 16.7. The van der Waals surface area contributed by atoms with E-state index >= 15 is 0 Å². The summed E-state index contributed by atoms with van der Waals surface area (Å²) in [7, 11) is 3.57. The number of hydrogen-bond acceptors (Lipinski definition) is 6. The Morgan fingerprint density at radius 1 is 1.50 bits per heavy atom. The normalized spacial score (nSPS) is 22.5. The lowest BCUT2D eigenvalue weighted by Crippen LogP contribution is -2.48. The van der Waals surface area contributed by atoms with Crippen molar-refractivity contribution in [1.82, 2.24) is 15.0 Å². The average molecular weight is 309 g/mol. The van der Waals surface area contributed by atoms with Crippen molar-refractivity contribution < 1.29 is 18.8 Å². The van der Waals surface area contributed by atoms with E-state index in [2.05, 4.69) is 17.1 Å². The van der Waals surface area contributed by atoms with Gasteiger partial charge in [-0.1, -0.05) is 0 Å². The van der Waals surface area contributed by atoms with Crippen LogP contribution in [0.2, 0.25) is 0 Å². The van der Waals surface area contributed by atoms with Crippen LogP contribution >= 0.6 is 0 Å². The van der Waals surface area contributed by atoms with Crippen molar-refractivity contribution in [1.29, 1.82) is 0 Å². The molecule has 0 bridgehead atoms. The van der Waals surface area contributed by atoms with Crippen molar-refractivity contribution in [3.8, 4) is 5.88 Å². The highest BCUT2D eigenvalue weighted by atomic mass is 16.5. The zero-order valence-electron chi connectivity index (χ0n) is 13.2. The molecule has 22 heavy (non-hydrogen) atoms. The number of amides is 1. The number of carbonyl (C=O) groups excluding carboxylic acids is 1. The van der Waals surface area contributed by atoms with Crippen LogP contribution in [0.3, 0.4) is 0 Å². The van der Waals surface area contributed by atoms with E-state index in [9.17, 15) is 4.79 Å². The van der Waals surface area contributed by atoms with Gasteiger partial charge >= 0.3 is 0 Å². The van der Waals surface area contributed by atoms with Crippen molar-refractivity contribution in [2.75, 3.05) is 46.9 Å². The van der Waals surface area contributed by atoms with Crippen LogP contribution in [0.4, 0.5) is 0 Å². The van der Waals surface area contributed by atoms with Crippen molar-refractivity contribution in [3.63, 3.8) is 0 Å². The molecule has 0 unspecified atom stereocenters. The van der Waals surface area contributed by atoms with E-state index in [0.29, 0.717) is 24.9 Å². The molecular formula is C15H23N3O4. The second kappa shape index (κ2) is 6.66. The summed E-state index contributed by atoms with van der Waals surface area (Å²) in [5.41, 5.74) is 0. The van der Waals surface area contributed by atoms with Gasteiger partial charge in [-0.2, -0.15) is 0 Å². The van der Waals surface area contributed by atoms with Gasteiger partial charge in [0.1, 0.15) is 0 Å². The highest BCUT2D eigenvalue weighted by Gasteiger charge is 2.31. The van der Waals surface area contributed by atoms with Gasteiger partial charge < -0.3 is 23.8 Å². The van der Waals surface area contributed by atoms with Crippen LogP contribution < -0.4 is 4.74 Å². The quantitative estimate of drug-likeness (QED) is 0.776. The van der Waals surface area contributed by atoms with E-state index in [1.54, 1.807) is 0 Å². The van der Waals surface area contributed by atoms with E-state index in [-0.39, 0.29) is 17.8 Å². The van der Waals surface area contributed by atoms with Gasteiger partial charge in [0.25, 0.3) is 11.8 Å². The first-order chi connectivity index (χ1) is 10.7. The summed E-state index contributed by atoms with van der Waals surface area (Å²) in [5.74, 6) is 1.01. The maximum atomic E-state index is 12.7. The molecule has 1 aromatic heterocycles. The summed E-state index contributed by atoms with van der Waals surface area (Å²) in [6, 6.07) is 1.54. The molecule has 0 radical (unpaired) electrons. The predicted octanol–water partition coefficient (Wildman–Crippen LogP) is 0.866. The zero-order chi connectivity index (χ0) is 15.5. The van der Waals surface area contributed by atoms with E-state index in [1.807, 2.05) is 4.90 Å². The third-order valence-corrected chi connectivity index (χ3v) is 4.14. The van der Waals surface area contributed by atoms with Gasteiger partial charge in [-0.15, -0.1) is 0 Å². The van der Waals surface area contributed by atoms with Gasteiger partial charge in [-0.3, -0.25) is 4.79 Å². The smallest absolute Gasteiger partial charge is 0.292 e. The minimum absolute atomic E-state index is 0.0475. The molecule has 122 valence electrons. The van der Waals surface area contributed by atoms with Crippen molar-refractivity contribution in [3.05, 3.63) is 11.8 Å². The van der Waals surface area contributed by atoms with Crippen LogP contribution in [0.15, 0.2) is 10.6 Å². The molecule has 7 nitrogen and oxygen atoms in total. The van der Waals surface area contributed by atoms with Crippen LogP contribution in [-0.2, 0) is 4.74 Å². The lowest BCUT2D eigenvalue weighted by Gasteiger charge is -2.33. The number of aromatic nitrogens is 1. The number of nitrogens with zero attached hydrogens (tertiary/aromatic N) is 3. The van der Waals surface area contributed by atoms with Gasteiger partial charge in [-0.25, -0.2) is 0 Å². The molecule has 1 saturated carbocycles. The molecule has 0 aromatic carbocycles. The predicted molar refractivity (Wildman–Crippen MR) is 78.9 cm³/mol. The van der Waals surface area contributed by atoms with Crippen LogP contribution in [-0.4, -0.2) is 73.9 Å². The van der Waals surface area contributed by atoms with E-state index in [0.717, 1.165) is 19.6 Å². The van der Waals surface area contributed by atoms with Gasteiger partial charge in [0, 0.05) is 26.2 Å². The Labute approximate surface area is 130 Å². The maximum Gasteiger partial charge on any atom is 0.292 e. The lowest BCUT2D eigenvalue weighted by atomic mass is 10.2. The molecule has 1 aromatic rings. The summed E-state index contributed by atoms with van der Waals surface area (Å²) in [6.07, 6.45) is 2.43. The van der Waals surface area contributed by atoms with Crippen LogP contribution in [0.25, 0.3) is 0 Å². The molecule has 1 atom stereocenters. The summed E-state index contributed by atoms with van der Waals surface area (Å²) >= 11 is 0. The monoisotopic (exact) mass is 309 g/mol. The molecule has 2 heterocycles. The Balaban J connectivity index is 1.66. The number of rotatable bonds is 6. The van der Waals surface area contributed by atoms with E-state index in [1.165, 1.54) is 26.0 Å². The van der Waals surface area contributed by atoms with Crippen LogP contribution in [0.5, 0.6) is 5.88 Å². The topological polar surface area (TPSA) is 68.0 Å². The van der Waals surface area contributed by atoms with Gasteiger partial charge in [-0.05, 0) is 31.0 Å². The number of likely N-dealkylation sites (N-methyl/N-ethyl adjacent to an activating group) is 1. The molecule has 2 aliphatic rings. The van der Waals surface area contributed by atoms with E-state index in [4.69, 9.17) is 14.0 Å². The first-order valence-electron chi connectivity index (χ1n) is 7.76. The first kappa shape index (κ1) is 15.3. The number of hydrogen-bond donors (Lipinski definition) is 0. The van der Waals surface area contributed by atoms with Gasteiger partial charge in [0.05, 0.1) is 25.9 Å². The van der Waals surface area contributed by atoms with Crippen molar-refractivity contribution in [2.45, 2.75) is 18.9 Å². The molecule has 0 N–H and O–H groups in total. The highest BCUT2D eigenvalue weighted by Crippen LogP contribution is 2.30. The SMILES string of the molecule is COc1cc(C(=O)N(CC2CC2)C[C@@H]2CN(C)CCO2)on1. The largest absolute Gasteiger partial charge is 0.479 e. The maximum absolute atomic E-state index is 12.7. The van der Waals surface area contributed by atoms with Crippen LogP contribution in [0.1, 0.15) is 23.4 Å². The average Bonchev–Trinajstić information content (AvgIpc) is 3.19. The van der Waals surface area contributed by atoms with Crippen molar-refractivity contribution >= 4 is 5.91 Å². The minimum atomic E-state index is -0.139. The molecule has 0 spiro atoms. The molecule has 7 heteroatoms. The third-order valence-electron chi connectivity index (χ3n) is 4.14. The third kappa shape index (κ3) is 3.78. The molecule has 2 fully saturated rings. The number of morpholine rings is 1. The second-order valence-electron chi connectivity index (χ2n) is 6.14. The summed E-state index contributed by atoms with van der Waals surface area (Å²) < 4.78 is 15.9. The molecule has 3 rings (SSSR count). The summed E-state index contributed by atoms with van der Waals surface area (Å²) in [5, 5.41) is 3.71. The fraction of sp³-hybridized carbons (Fsp3) is 0.733. The molecular weight excluding hydrogens is 286 g/mol. The summed E-state index contributed by atoms with van der Waals surface area (Å²) in [6.45, 7) is 3.83. The van der Waals surface area contributed by atoms with Gasteiger partial charge in [0.2, 0.25) is 5.76 Å². The first-order valence-corrected chi connectivity index (χ1v) is 7.76. The standard InChI is InChI=1S/C15H23N3O4/c1-17-5-6-21-12(9-17)10-18(8-11-3-4-11)15(19)13-7-14(20-2)16-22-13/h7,11-12H,3-6,8-10H2,1-2H3/t12-/m0/s1. The lowest BCUT2D eigenvalue weighted by molar-refractivity contribution is -0.0335. The fourth-order valence-electron chi connectivity index (χ4n) is 2.69.